The van der Waals surface area contributed by atoms with Crippen molar-refractivity contribution in [3.63, 3.8) is 0 Å². The molecule has 1 unspecified atom stereocenters. The van der Waals surface area contributed by atoms with Crippen molar-refractivity contribution in [1.82, 2.24) is 0 Å². The van der Waals surface area contributed by atoms with Gasteiger partial charge in [-0.3, -0.25) is 0 Å². The molecule has 0 saturated heterocycles. The van der Waals surface area contributed by atoms with Crippen molar-refractivity contribution in [3.05, 3.63) is 58.9 Å². The SMILES string of the molecule is [C-]#[N+]c1cc2c(c(-c3ccccc3C)c1)OC(C)C2. The molecule has 0 fully saturated rings. The molecule has 0 aliphatic carbocycles. The number of hydrogen-bond donors (Lipinski definition) is 0. The molecule has 94 valence electrons. The standard InChI is InChI=1S/C17H15NO/c1-11-6-4-5-7-15(11)16-10-14(18-3)9-13-8-12(2)19-17(13)16/h4-7,9-10,12H,8H2,1-2H3. The van der Waals surface area contributed by atoms with E-state index in [1.165, 1.54) is 5.56 Å². The van der Waals surface area contributed by atoms with Crippen LogP contribution in [0.5, 0.6) is 5.75 Å². The highest BCUT2D eigenvalue weighted by molar-refractivity contribution is 5.79. The summed E-state index contributed by atoms with van der Waals surface area (Å²) >= 11 is 0. The van der Waals surface area contributed by atoms with Crippen LogP contribution < -0.4 is 4.74 Å². The Hall–Kier alpha value is -2.27. The molecule has 2 aromatic carbocycles. The monoisotopic (exact) mass is 249 g/mol. The Morgan fingerprint density at radius 3 is 2.74 bits per heavy atom. The summed E-state index contributed by atoms with van der Waals surface area (Å²) in [6, 6.07) is 12.1. The molecule has 1 aliphatic rings. The van der Waals surface area contributed by atoms with Crippen LogP contribution >= 0.6 is 0 Å². The first-order chi connectivity index (χ1) is 9.19. The van der Waals surface area contributed by atoms with Gasteiger partial charge in [-0.1, -0.05) is 24.3 Å². The highest BCUT2D eigenvalue weighted by Crippen LogP contribution is 2.42. The Labute approximate surface area is 113 Å². The van der Waals surface area contributed by atoms with E-state index in [0.29, 0.717) is 5.69 Å². The predicted octanol–water partition coefficient (Wildman–Crippen LogP) is 4.54. The highest BCUT2D eigenvalue weighted by atomic mass is 16.5. The molecule has 19 heavy (non-hydrogen) atoms. The first-order valence-electron chi connectivity index (χ1n) is 6.46. The molecular weight excluding hydrogens is 234 g/mol. The van der Waals surface area contributed by atoms with E-state index in [2.05, 4.69) is 30.8 Å². The molecule has 2 aromatic rings. The zero-order valence-electron chi connectivity index (χ0n) is 11.1. The van der Waals surface area contributed by atoms with Gasteiger partial charge in [-0.15, -0.1) is 0 Å². The van der Waals surface area contributed by atoms with Crippen LogP contribution in [-0.4, -0.2) is 6.10 Å². The fourth-order valence-electron chi connectivity index (χ4n) is 2.66. The molecular formula is C17H15NO. The topological polar surface area (TPSA) is 13.6 Å². The summed E-state index contributed by atoms with van der Waals surface area (Å²) in [5.41, 5.74) is 5.24. The molecule has 0 aromatic heterocycles. The molecule has 0 bridgehead atoms. The third-order valence-electron chi connectivity index (χ3n) is 3.54. The average Bonchev–Trinajstić information content (AvgIpc) is 2.78. The second kappa shape index (κ2) is 4.44. The summed E-state index contributed by atoms with van der Waals surface area (Å²) in [6.45, 7) is 11.4. The largest absolute Gasteiger partial charge is 0.490 e. The summed E-state index contributed by atoms with van der Waals surface area (Å²) in [5.74, 6) is 0.953. The Balaban J connectivity index is 2.25. The van der Waals surface area contributed by atoms with Crippen LogP contribution in [0.25, 0.3) is 16.0 Å². The lowest BCUT2D eigenvalue weighted by atomic mass is 9.96. The maximum atomic E-state index is 7.25. The number of rotatable bonds is 1. The van der Waals surface area contributed by atoms with Crippen molar-refractivity contribution in [2.24, 2.45) is 0 Å². The van der Waals surface area contributed by atoms with Crippen molar-refractivity contribution >= 4 is 5.69 Å². The van der Waals surface area contributed by atoms with Crippen LogP contribution in [0.4, 0.5) is 5.69 Å². The van der Waals surface area contributed by atoms with Gasteiger partial charge < -0.3 is 4.74 Å². The number of aryl methyl sites for hydroxylation is 1. The lowest BCUT2D eigenvalue weighted by molar-refractivity contribution is 0.255. The van der Waals surface area contributed by atoms with Crippen LogP contribution in [0.2, 0.25) is 0 Å². The van der Waals surface area contributed by atoms with Gasteiger partial charge in [0.1, 0.15) is 11.9 Å². The Morgan fingerprint density at radius 2 is 2.00 bits per heavy atom. The molecule has 0 spiro atoms. The van der Waals surface area contributed by atoms with Crippen molar-refractivity contribution < 1.29 is 4.74 Å². The molecule has 1 heterocycles. The third-order valence-corrected chi connectivity index (χ3v) is 3.54. The highest BCUT2D eigenvalue weighted by Gasteiger charge is 2.24. The lowest BCUT2D eigenvalue weighted by Gasteiger charge is -2.12. The fourth-order valence-corrected chi connectivity index (χ4v) is 2.66. The zero-order valence-corrected chi connectivity index (χ0v) is 11.1. The first-order valence-corrected chi connectivity index (χ1v) is 6.46. The van der Waals surface area contributed by atoms with E-state index in [4.69, 9.17) is 11.3 Å². The van der Waals surface area contributed by atoms with Gasteiger partial charge in [0.25, 0.3) is 0 Å². The lowest BCUT2D eigenvalue weighted by Crippen LogP contribution is -2.05. The van der Waals surface area contributed by atoms with Crippen molar-refractivity contribution in [3.8, 4) is 16.9 Å². The van der Waals surface area contributed by atoms with Crippen LogP contribution in [0.15, 0.2) is 36.4 Å². The molecule has 0 saturated carbocycles. The van der Waals surface area contributed by atoms with Gasteiger partial charge in [0, 0.05) is 12.0 Å². The summed E-state index contributed by atoms with van der Waals surface area (Å²) in [4.78, 5) is 3.58. The Kier molecular flexibility index (Phi) is 2.76. The quantitative estimate of drug-likeness (QED) is 0.677. The molecule has 0 radical (unpaired) electrons. The van der Waals surface area contributed by atoms with E-state index in [1.807, 2.05) is 24.3 Å². The fraction of sp³-hybridized carbons (Fsp3) is 0.235. The minimum absolute atomic E-state index is 0.193. The maximum absolute atomic E-state index is 7.25. The predicted molar refractivity (Wildman–Crippen MR) is 76.7 cm³/mol. The summed E-state index contributed by atoms with van der Waals surface area (Å²) in [5, 5.41) is 0. The van der Waals surface area contributed by atoms with Gasteiger partial charge in [-0.05, 0) is 42.7 Å². The number of hydrogen-bond acceptors (Lipinski definition) is 1. The number of benzene rings is 2. The smallest absolute Gasteiger partial charge is 0.188 e. The van der Waals surface area contributed by atoms with Crippen molar-refractivity contribution in [2.45, 2.75) is 26.4 Å². The van der Waals surface area contributed by atoms with Gasteiger partial charge in [0.2, 0.25) is 0 Å². The van der Waals surface area contributed by atoms with Crippen LogP contribution in [0.3, 0.4) is 0 Å². The van der Waals surface area contributed by atoms with Crippen LogP contribution in [0.1, 0.15) is 18.1 Å². The third kappa shape index (κ3) is 1.98. The van der Waals surface area contributed by atoms with Gasteiger partial charge in [0.05, 0.1) is 6.57 Å². The van der Waals surface area contributed by atoms with Crippen molar-refractivity contribution in [1.29, 1.82) is 0 Å². The van der Waals surface area contributed by atoms with Gasteiger partial charge in [0.15, 0.2) is 5.69 Å². The van der Waals surface area contributed by atoms with E-state index in [-0.39, 0.29) is 6.10 Å². The van der Waals surface area contributed by atoms with Gasteiger partial charge in [-0.2, -0.15) is 0 Å². The second-order valence-electron chi connectivity index (χ2n) is 5.04. The van der Waals surface area contributed by atoms with E-state index in [1.54, 1.807) is 0 Å². The minimum Gasteiger partial charge on any atom is -0.490 e. The molecule has 1 aliphatic heterocycles. The Morgan fingerprint density at radius 1 is 1.21 bits per heavy atom. The summed E-state index contributed by atoms with van der Waals surface area (Å²) < 4.78 is 5.94. The van der Waals surface area contributed by atoms with Crippen LogP contribution in [0, 0.1) is 13.5 Å². The number of fused-ring (bicyclic) bond motifs is 1. The molecule has 0 amide bonds. The van der Waals surface area contributed by atoms with E-state index in [9.17, 15) is 0 Å². The average molecular weight is 249 g/mol. The molecule has 0 N–H and O–H groups in total. The van der Waals surface area contributed by atoms with Gasteiger partial charge in [-0.25, -0.2) is 4.85 Å². The zero-order chi connectivity index (χ0) is 13.4. The van der Waals surface area contributed by atoms with E-state index in [0.717, 1.165) is 28.9 Å². The maximum Gasteiger partial charge on any atom is 0.188 e. The normalized spacial score (nSPS) is 16.6. The summed E-state index contributed by atoms with van der Waals surface area (Å²) in [7, 11) is 0. The molecule has 3 rings (SSSR count). The molecule has 1 atom stereocenters. The second-order valence-corrected chi connectivity index (χ2v) is 5.04. The molecule has 2 heteroatoms. The van der Waals surface area contributed by atoms with E-state index < -0.39 is 0 Å². The first kappa shape index (κ1) is 11.8. The van der Waals surface area contributed by atoms with Crippen molar-refractivity contribution in [2.75, 3.05) is 0 Å². The number of nitrogens with zero attached hydrogens (tertiary/aromatic N) is 1. The van der Waals surface area contributed by atoms with E-state index >= 15 is 0 Å². The minimum atomic E-state index is 0.193. The number of ether oxygens (including phenoxy) is 1. The molecule has 2 nitrogen and oxygen atoms in total. The van der Waals surface area contributed by atoms with Gasteiger partial charge >= 0.3 is 0 Å². The van der Waals surface area contributed by atoms with Crippen LogP contribution in [-0.2, 0) is 6.42 Å². The Bertz CT molecular complexity index is 682. The summed E-state index contributed by atoms with van der Waals surface area (Å²) in [6.07, 6.45) is 1.08.